The summed E-state index contributed by atoms with van der Waals surface area (Å²) in [5.74, 6) is 0.673. The van der Waals surface area contributed by atoms with E-state index in [1.54, 1.807) is 12.1 Å². The van der Waals surface area contributed by atoms with Crippen LogP contribution in [0.2, 0.25) is 0 Å². The largest absolute Gasteiger partial charge is 0.494 e. The molecular weight excluding hydrogens is 269 g/mol. The fourth-order valence-electron chi connectivity index (χ4n) is 2.34. The van der Waals surface area contributed by atoms with Crippen molar-refractivity contribution >= 4 is 0 Å². The lowest BCUT2D eigenvalue weighted by Crippen LogP contribution is -2.03. The standard InChI is InChI=1S/C17H20FNO2/c1-11-6-14(9-19)7-12(2)17(11)21-10-13-4-5-16(20-3)15(18)8-13/h4-8H,9-10,19H2,1-3H3. The summed E-state index contributed by atoms with van der Waals surface area (Å²) in [6.45, 7) is 4.78. The molecule has 0 amide bonds. The Morgan fingerprint density at radius 3 is 2.24 bits per heavy atom. The molecule has 112 valence electrons. The third-order valence-electron chi connectivity index (χ3n) is 3.36. The van der Waals surface area contributed by atoms with Crippen LogP contribution < -0.4 is 15.2 Å². The van der Waals surface area contributed by atoms with Crippen LogP contribution in [-0.2, 0) is 13.2 Å². The molecule has 2 aromatic carbocycles. The van der Waals surface area contributed by atoms with Crippen LogP contribution >= 0.6 is 0 Å². The van der Waals surface area contributed by atoms with Gasteiger partial charge in [0.2, 0.25) is 0 Å². The van der Waals surface area contributed by atoms with Gasteiger partial charge in [0.15, 0.2) is 11.6 Å². The van der Waals surface area contributed by atoms with E-state index in [0.29, 0.717) is 13.2 Å². The van der Waals surface area contributed by atoms with Gasteiger partial charge in [0, 0.05) is 6.54 Å². The molecule has 4 heteroatoms. The van der Waals surface area contributed by atoms with E-state index in [4.69, 9.17) is 15.2 Å². The van der Waals surface area contributed by atoms with Crippen LogP contribution in [0.1, 0.15) is 22.3 Å². The van der Waals surface area contributed by atoms with Crippen molar-refractivity contribution in [1.29, 1.82) is 0 Å². The van der Waals surface area contributed by atoms with Crippen molar-refractivity contribution in [3.05, 3.63) is 58.4 Å². The number of methoxy groups -OCH3 is 1. The van der Waals surface area contributed by atoms with Crippen LogP contribution in [0, 0.1) is 19.7 Å². The van der Waals surface area contributed by atoms with Crippen molar-refractivity contribution in [2.45, 2.75) is 27.0 Å². The summed E-state index contributed by atoms with van der Waals surface area (Å²) in [7, 11) is 1.44. The Morgan fingerprint density at radius 1 is 1.05 bits per heavy atom. The van der Waals surface area contributed by atoms with Gasteiger partial charge in [-0.2, -0.15) is 0 Å². The highest BCUT2D eigenvalue weighted by atomic mass is 19.1. The minimum Gasteiger partial charge on any atom is -0.494 e. The van der Waals surface area contributed by atoms with E-state index in [2.05, 4.69) is 0 Å². The molecule has 0 aliphatic rings. The van der Waals surface area contributed by atoms with Gasteiger partial charge in [0.25, 0.3) is 0 Å². The predicted octanol–water partition coefficient (Wildman–Crippen LogP) is 3.49. The summed E-state index contributed by atoms with van der Waals surface area (Å²) < 4.78 is 24.4. The quantitative estimate of drug-likeness (QED) is 0.916. The number of hydrogen-bond acceptors (Lipinski definition) is 3. The second-order valence-electron chi connectivity index (χ2n) is 5.02. The average Bonchev–Trinajstić information content (AvgIpc) is 2.46. The van der Waals surface area contributed by atoms with E-state index in [1.807, 2.05) is 26.0 Å². The maximum Gasteiger partial charge on any atom is 0.165 e. The Morgan fingerprint density at radius 2 is 1.71 bits per heavy atom. The fourth-order valence-corrected chi connectivity index (χ4v) is 2.34. The minimum absolute atomic E-state index is 0.235. The zero-order valence-electron chi connectivity index (χ0n) is 12.6. The average molecular weight is 289 g/mol. The lowest BCUT2D eigenvalue weighted by molar-refractivity contribution is 0.300. The maximum atomic E-state index is 13.6. The lowest BCUT2D eigenvalue weighted by Gasteiger charge is -2.14. The number of benzene rings is 2. The molecule has 0 aromatic heterocycles. The Kier molecular flexibility index (Phi) is 4.81. The maximum absolute atomic E-state index is 13.6. The predicted molar refractivity (Wildman–Crippen MR) is 81.1 cm³/mol. The molecule has 0 heterocycles. The number of halogens is 1. The van der Waals surface area contributed by atoms with Gasteiger partial charge in [-0.1, -0.05) is 18.2 Å². The van der Waals surface area contributed by atoms with Crippen LogP contribution in [0.15, 0.2) is 30.3 Å². The zero-order chi connectivity index (χ0) is 15.4. The first-order valence-electron chi connectivity index (χ1n) is 6.80. The Labute approximate surface area is 124 Å². The Bertz CT molecular complexity index is 618. The molecule has 0 saturated carbocycles. The molecule has 2 rings (SSSR count). The monoisotopic (exact) mass is 289 g/mol. The summed E-state index contributed by atoms with van der Waals surface area (Å²) in [6, 6.07) is 8.84. The smallest absolute Gasteiger partial charge is 0.165 e. The molecule has 21 heavy (non-hydrogen) atoms. The second-order valence-corrected chi connectivity index (χ2v) is 5.02. The number of rotatable bonds is 5. The molecule has 3 nitrogen and oxygen atoms in total. The summed E-state index contributed by atoms with van der Waals surface area (Å²) >= 11 is 0. The van der Waals surface area contributed by atoms with Gasteiger partial charge in [0.1, 0.15) is 12.4 Å². The van der Waals surface area contributed by atoms with Crippen LogP contribution in [0.4, 0.5) is 4.39 Å². The normalized spacial score (nSPS) is 10.5. The molecule has 0 aliphatic heterocycles. The van der Waals surface area contributed by atoms with Gasteiger partial charge in [-0.05, 0) is 48.2 Å². The summed E-state index contributed by atoms with van der Waals surface area (Å²) in [4.78, 5) is 0. The third-order valence-corrected chi connectivity index (χ3v) is 3.36. The van der Waals surface area contributed by atoms with E-state index in [0.717, 1.165) is 28.0 Å². The highest BCUT2D eigenvalue weighted by molar-refractivity contribution is 5.43. The fraction of sp³-hybridized carbons (Fsp3) is 0.294. The topological polar surface area (TPSA) is 44.5 Å². The third kappa shape index (κ3) is 3.52. The minimum atomic E-state index is -0.384. The molecule has 0 aliphatic carbocycles. The van der Waals surface area contributed by atoms with Crippen molar-refractivity contribution in [3.8, 4) is 11.5 Å². The molecule has 0 atom stereocenters. The van der Waals surface area contributed by atoms with Crippen LogP contribution in [0.5, 0.6) is 11.5 Å². The molecular formula is C17H20FNO2. The summed E-state index contributed by atoms with van der Waals surface area (Å²) in [6.07, 6.45) is 0. The molecule has 0 radical (unpaired) electrons. The molecule has 0 spiro atoms. The van der Waals surface area contributed by atoms with E-state index in [9.17, 15) is 4.39 Å². The molecule has 0 saturated heterocycles. The SMILES string of the molecule is COc1ccc(COc2c(C)cc(CN)cc2C)cc1F. The summed E-state index contributed by atoms with van der Waals surface area (Å²) in [5.41, 5.74) is 9.55. The van der Waals surface area contributed by atoms with Crippen molar-refractivity contribution in [1.82, 2.24) is 0 Å². The molecule has 0 fully saturated rings. The van der Waals surface area contributed by atoms with Crippen LogP contribution in [0.25, 0.3) is 0 Å². The lowest BCUT2D eigenvalue weighted by atomic mass is 10.1. The van der Waals surface area contributed by atoms with Crippen LogP contribution in [-0.4, -0.2) is 7.11 Å². The number of ether oxygens (including phenoxy) is 2. The van der Waals surface area contributed by atoms with E-state index >= 15 is 0 Å². The van der Waals surface area contributed by atoms with Gasteiger partial charge < -0.3 is 15.2 Å². The van der Waals surface area contributed by atoms with Crippen molar-refractivity contribution in [2.75, 3.05) is 7.11 Å². The van der Waals surface area contributed by atoms with Gasteiger partial charge >= 0.3 is 0 Å². The first-order valence-corrected chi connectivity index (χ1v) is 6.80. The van der Waals surface area contributed by atoms with Crippen molar-refractivity contribution in [3.63, 3.8) is 0 Å². The van der Waals surface area contributed by atoms with Gasteiger partial charge in [-0.25, -0.2) is 4.39 Å². The molecule has 0 bridgehead atoms. The molecule has 0 unspecified atom stereocenters. The van der Waals surface area contributed by atoms with Crippen LogP contribution in [0.3, 0.4) is 0 Å². The van der Waals surface area contributed by atoms with Crippen molar-refractivity contribution < 1.29 is 13.9 Å². The summed E-state index contributed by atoms with van der Waals surface area (Å²) in [5, 5.41) is 0. The number of aryl methyl sites for hydroxylation is 2. The highest BCUT2D eigenvalue weighted by Crippen LogP contribution is 2.26. The number of nitrogens with two attached hydrogens (primary N) is 1. The van der Waals surface area contributed by atoms with E-state index in [1.165, 1.54) is 13.2 Å². The molecule has 2 N–H and O–H groups in total. The van der Waals surface area contributed by atoms with Gasteiger partial charge in [-0.15, -0.1) is 0 Å². The van der Waals surface area contributed by atoms with E-state index in [-0.39, 0.29) is 11.6 Å². The number of hydrogen-bond donors (Lipinski definition) is 1. The first-order chi connectivity index (χ1) is 10.0. The first kappa shape index (κ1) is 15.3. The Hall–Kier alpha value is -2.07. The highest BCUT2D eigenvalue weighted by Gasteiger charge is 2.08. The van der Waals surface area contributed by atoms with E-state index < -0.39 is 0 Å². The second kappa shape index (κ2) is 6.59. The Balaban J connectivity index is 2.15. The van der Waals surface area contributed by atoms with Gasteiger partial charge in [0.05, 0.1) is 7.11 Å². The zero-order valence-corrected chi connectivity index (χ0v) is 12.6. The van der Waals surface area contributed by atoms with Gasteiger partial charge in [-0.3, -0.25) is 0 Å². The molecule has 2 aromatic rings. The van der Waals surface area contributed by atoms with Crippen molar-refractivity contribution in [2.24, 2.45) is 5.73 Å².